The van der Waals surface area contributed by atoms with Crippen molar-refractivity contribution in [3.63, 3.8) is 0 Å². The molecule has 3 aromatic rings. The summed E-state index contributed by atoms with van der Waals surface area (Å²) in [6, 6.07) is 25.0. The Kier molecular flexibility index (Phi) is 8.68. The lowest BCUT2D eigenvalue weighted by molar-refractivity contribution is -0.231. The van der Waals surface area contributed by atoms with E-state index in [9.17, 15) is 19.5 Å². The zero-order valence-electron chi connectivity index (χ0n) is 18.9. The van der Waals surface area contributed by atoms with Crippen LogP contribution < -0.4 is 0 Å². The summed E-state index contributed by atoms with van der Waals surface area (Å²) in [5.74, 6) is -1.95. The summed E-state index contributed by atoms with van der Waals surface area (Å²) in [7, 11) is 0. The molecule has 5 atom stereocenters. The molecule has 0 aliphatic carbocycles. The Morgan fingerprint density at radius 1 is 0.694 bits per heavy atom. The summed E-state index contributed by atoms with van der Waals surface area (Å²) in [5, 5.41) is 10.6. The number of alkyl halides is 1. The van der Waals surface area contributed by atoms with Crippen molar-refractivity contribution in [1.82, 2.24) is 0 Å². The number of rotatable bonds is 7. The number of hydrogen-bond donors (Lipinski definition) is 1. The van der Waals surface area contributed by atoms with Gasteiger partial charge in [0.25, 0.3) is 0 Å². The average molecular weight is 602 g/mol. The second-order valence-corrected chi connectivity index (χ2v) is 9.38. The molecule has 0 unspecified atom stereocenters. The van der Waals surface area contributed by atoms with Crippen LogP contribution in [-0.2, 0) is 18.9 Å². The van der Waals surface area contributed by atoms with Crippen LogP contribution in [0.4, 0.5) is 0 Å². The molecule has 3 aromatic carbocycles. The third-order valence-corrected chi connectivity index (χ3v) is 6.81. The van der Waals surface area contributed by atoms with Gasteiger partial charge in [-0.25, -0.2) is 14.4 Å². The van der Waals surface area contributed by atoms with Gasteiger partial charge in [-0.3, -0.25) is 0 Å². The van der Waals surface area contributed by atoms with E-state index in [2.05, 4.69) is 0 Å². The lowest BCUT2D eigenvalue weighted by atomic mass is 10.0. The number of ether oxygens (including phenoxy) is 4. The van der Waals surface area contributed by atoms with Crippen LogP contribution in [0.25, 0.3) is 0 Å². The van der Waals surface area contributed by atoms with Crippen LogP contribution in [0.15, 0.2) is 91.0 Å². The third-order valence-electron chi connectivity index (χ3n) is 5.48. The number of hydrogen-bond acceptors (Lipinski definition) is 8. The molecule has 36 heavy (non-hydrogen) atoms. The number of aliphatic hydroxyl groups excluding tert-OH is 1. The predicted molar refractivity (Wildman–Crippen MR) is 137 cm³/mol. The summed E-state index contributed by atoms with van der Waals surface area (Å²) in [6.45, 7) is -0.347. The van der Waals surface area contributed by atoms with Crippen LogP contribution in [0.2, 0.25) is 0 Å². The summed E-state index contributed by atoms with van der Waals surface area (Å²) in [4.78, 5) is 38.3. The van der Waals surface area contributed by atoms with Crippen molar-refractivity contribution in [2.24, 2.45) is 0 Å². The van der Waals surface area contributed by atoms with Gasteiger partial charge in [0.15, 0.2) is 18.5 Å². The largest absolute Gasteiger partial charge is 0.459 e. The minimum atomic E-state index is -1.37. The molecule has 1 fully saturated rings. The number of carbonyl (C=O) groups excluding carboxylic acids is 3. The Hall–Kier alpha value is -3.28. The van der Waals surface area contributed by atoms with Crippen LogP contribution in [0, 0.1) is 0 Å². The average Bonchev–Trinajstić information content (AvgIpc) is 2.92. The van der Waals surface area contributed by atoms with Crippen molar-refractivity contribution < 1.29 is 38.4 Å². The van der Waals surface area contributed by atoms with Gasteiger partial charge >= 0.3 is 17.9 Å². The first-order valence-corrected chi connectivity index (χ1v) is 12.4. The molecule has 9 heteroatoms. The fourth-order valence-electron chi connectivity index (χ4n) is 3.64. The number of halogens is 1. The van der Waals surface area contributed by atoms with Crippen molar-refractivity contribution >= 4 is 40.5 Å². The fourth-order valence-corrected chi connectivity index (χ4v) is 4.37. The monoisotopic (exact) mass is 602 g/mol. The van der Waals surface area contributed by atoms with Gasteiger partial charge in [-0.2, -0.15) is 0 Å². The second-order valence-electron chi connectivity index (χ2n) is 7.95. The molecule has 0 saturated carbocycles. The molecule has 1 aliphatic heterocycles. The Morgan fingerprint density at radius 2 is 1.11 bits per heavy atom. The highest BCUT2D eigenvalue weighted by molar-refractivity contribution is 14.1. The van der Waals surface area contributed by atoms with Gasteiger partial charge in [0, 0.05) is 0 Å². The van der Waals surface area contributed by atoms with Crippen LogP contribution >= 0.6 is 22.6 Å². The lowest BCUT2D eigenvalue weighted by Crippen LogP contribution is -2.59. The first-order chi connectivity index (χ1) is 17.4. The topological polar surface area (TPSA) is 108 Å². The van der Waals surface area contributed by atoms with Crippen molar-refractivity contribution in [3.8, 4) is 0 Å². The van der Waals surface area contributed by atoms with Crippen molar-refractivity contribution in [3.05, 3.63) is 108 Å². The van der Waals surface area contributed by atoms with Crippen LogP contribution in [0.3, 0.4) is 0 Å². The van der Waals surface area contributed by atoms with E-state index in [1.54, 1.807) is 91.0 Å². The minimum absolute atomic E-state index is 0.279. The van der Waals surface area contributed by atoms with Gasteiger partial charge in [-0.15, -0.1) is 0 Å². The predicted octanol–water partition coefficient (Wildman–Crippen LogP) is 3.82. The molecule has 0 spiro atoms. The molecule has 4 rings (SSSR count). The highest BCUT2D eigenvalue weighted by Crippen LogP contribution is 2.31. The highest BCUT2D eigenvalue weighted by Gasteiger charge is 2.49. The molecule has 0 bridgehead atoms. The van der Waals surface area contributed by atoms with Crippen LogP contribution in [-0.4, -0.2) is 58.1 Å². The molecule has 1 heterocycles. The van der Waals surface area contributed by atoms with E-state index in [1.165, 1.54) is 0 Å². The number of esters is 3. The van der Waals surface area contributed by atoms with Crippen molar-refractivity contribution in [2.45, 2.75) is 28.5 Å². The summed E-state index contributed by atoms with van der Waals surface area (Å²) < 4.78 is 21.8. The van der Waals surface area contributed by atoms with Crippen LogP contribution in [0.1, 0.15) is 31.1 Å². The molecule has 0 aromatic heterocycles. The van der Waals surface area contributed by atoms with E-state index >= 15 is 0 Å². The van der Waals surface area contributed by atoms with Gasteiger partial charge < -0.3 is 24.1 Å². The molecule has 8 nitrogen and oxygen atoms in total. The third kappa shape index (κ3) is 6.28. The highest BCUT2D eigenvalue weighted by atomic mass is 127. The van der Waals surface area contributed by atoms with Gasteiger partial charge in [0.05, 0.1) is 16.7 Å². The summed E-state index contributed by atoms with van der Waals surface area (Å²) in [6.07, 6.45) is -4.72. The minimum Gasteiger partial charge on any atom is -0.459 e. The van der Waals surface area contributed by atoms with E-state index in [1.807, 2.05) is 22.6 Å². The normalized spacial score (nSPS) is 23.3. The van der Waals surface area contributed by atoms with Crippen molar-refractivity contribution in [1.29, 1.82) is 0 Å². The van der Waals surface area contributed by atoms with Crippen LogP contribution in [0.5, 0.6) is 0 Å². The Morgan fingerprint density at radius 3 is 1.58 bits per heavy atom. The molecule has 1 aliphatic rings. The lowest BCUT2D eigenvalue weighted by Gasteiger charge is -2.41. The molecule has 186 valence electrons. The Bertz CT molecular complexity index is 1170. The van der Waals surface area contributed by atoms with E-state index in [4.69, 9.17) is 18.9 Å². The smallest absolute Gasteiger partial charge is 0.338 e. The van der Waals surface area contributed by atoms with Gasteiger partial charge in [0.1, 0.15) is 16.6 Å². The maximum absolute atomic E-state index is 12.9. The Labute approximate surface area is 221 Å². The number of benzene rings is 3. The van der Waals surface area contributed by atoms with Gasteiger partial charge in [0.2, 0.25) is 0 Å². The van der Waals surface area contributed by atoms with E-state index in [-0.39, 0.29) is 12.2 Å². The van der Waals surface area contributed by atoms with Gasteiger partial charge in [-0.1, -0.05) is 77.2 Å². The van der Waals surface area contributed by atoms with E-state index in [0.717, 1.165) is 0 Å². The Balaban J connectivity index is 1.57. The quantitative estimate of drug-likeness (QED) is 0.188. The first-order valence-electron chi connectivity index (χ1n) is 11.2. The molecule has 1 saturated heterocycles. The summed E-state index contributed by atoms with van der Waals surface area (Å²) >= 11 is 1.88. The summed E-state index contributed by atoms with van der Waals surface area (Å²) in [5.41, 5.74) is 0.898. The number of aliphatic hydroxyl groups is 1. The standard InChI is InChI=1S/C27H23IO8/c28-21-23(36-26(31)19-14-8-3-9-15-19)22(35-25(30)18-12-6-2-7-13-18)20(34-27(21)32)16-33-24(29)17-10-4-1-5-11-17/h1-15,20-23,27,32H,16H2/t20-,21+,22-,23-,27+/m1/s1. The first kappa shape index (κ1) is 25.8. The molecule has 1 N–H and O–H groups in total. The van der Waals surface area contributed by atoms with E-state index in [0.29, 0.717) is 11.1 Å². The molecular formula is C27H23IO8. The zero-order chi connectivity index (χ0) is 25.5. The maximum atomic E-state index is 12.9. The SMILES string of the molecule is O=C(OC[C@H]1O[C@H](O)[C@@H](I)[C@@H](OC(=O)c2ccccc2)[C@@H]1OC(=O)c1ccccc1)c1ccccc1. The van der Waals surface area contributed by atoms with Gasteiger partial charge in [-0.05, 0) is 36.4 Å². The molecule has 0 amide bonds. The molecule has 0 radical (unpaired) electrons. The zero-order valence-corrected chi connectivity index (χ0v) is 21.1. The second kappa shape index (κ2) is 12.1. The molecular weight excluding hydrogens is 579 g/mol. The number of carbonyl (C=O) groups is 3. The fraction of sp³-hybridized carbons (Fsp3) is 0.222. The van der Waals surface area contributed by atoms with E-state index < -0.39 is 46.4 Å². The van der Waals surface area contributed by atoms with Crippen molar-refractivity contribution in [2.75, 3.05) is 6.61 Å². The maximum Gasteiger partial charge on any atom is 0.338 e.